The highest BCUT2D eigenvalue weighted by Crippen LogP contribution is 2.38. The van der Waals surface area contributed by atoms with Crippen LogP contribution in [-0.2, 0) is 5.54 Å². The fraction of sp³-hybridized carbons (Fsp3) is 0.238. The Morgan fingerprint density at radius 1 is 1.07 bits per heavy atom. The van der Waals surface area contributed by atoms with Crippen molar-refractivity contribution in [2.24, 2.45) is 0 Å². The number of para-hydroxylation sites is 2. The lowest BCUT2D eigenvalue weighted by Gasteiger charge is -2.23. The van der Waals surface area contributed by atoms with Crippen molar-refractivity contribution in [3.05, 3.63) is 65.3 Å². The third-order valence-electron chi connectivity index (χ3n) is 4.55. The van der Waals surface area contributed by atoms with E-state index in [1.165, 1.54) is 12.1 Å². The smallest absolute Gasteiger partial charge is 0.145 e. The first kappa shape index (κ1) is 17.7. The van der Waals surface area contributed by atoms with Gasteiger partial charge in [-0.1, -0.05) is 23.7 Å². The van der Waals surface area contributed by atoms with Gasteiger partial charge in [-0.15, -0.1) is 0 Å². The summed E-state index contributed by atoms with van der Waals surface area (Å²) < 4.78 is 17.6. The standard InChI is InChI=1S/C21H20ClFN4/c1-13-19(15-10-9-14(23)11-16(15)22)20(27(25-13)21(2,3)4)26-12-24-17-7-5-6-8-18(17)26/h5-12H,1-4H3. The molecule has 0 aliphatic heterocycles. The molecule has 138 valence electrons. The first-order valence-corrected chi connectivity index (χ1v) is 9.13. The highest BCUT2D eigenvalue weighted by atomic mass is 35.5. The highest BCUT2D eigenvalue weighted by Gasteiger charge is 2.27. The van der Waals surface area contributed by atoms with E-state index in [9.17, 15) is 4.39 Å². The first-order valence-electron chi connectivity index (χ1n) is 8.75. The quantitative estimate of drug-likeness (QED) is 0.442. The molecule has 2 heterocycles. The molecule has 0 saturated heterocycles. The topological polar surface area (TPSA) is 35.6 Å². The van der Waals surface area contributed by atoms with Crippen LogP contribution in [0.5, 0.6) is 0 Å². The monoisotopic (exact) mass is 382 g/mol. The number of aromatic nitrogens is 4. The number of benzene rings is 2. The van der Waals surface area contributed by atoms with Crippen LogP contribution in [0.2, 0.25) is 5.02 Å². The molecule has 0 bridgehead atoms. The number of halogens is 2. The molecule has 6 heteroatoms. The van der Waals surface area contributed by atoms with Crippen LogP contribution in [-0.4, -0.2) is 19.3 Å². The van der Waals surface area contributed by atoms with Crippen molar-refractivity contribution in [2.75, 3.05) is 0 Å². The van der Waals surface area contributed by atoms with Gasteiger partial charge >= 0.3 is 0 Å². The molecule has 0 aliphatic rings. The largest absolute Gasteiger partial charge is 0.283 e. The molecule has 0 unspecified atom stereocenters. The molecule has 0 spiro atoms. The van der Waals surface area contributed by atoms with Crippen molar-refractivity contribution >= 4 is 22.6 Å². The maximum absolute atomic E-state index is 13.6. The summed E-state index contributed by atoms with van der Waals surface area (Å²) in [6.45, 7) is 8.23. The van der Waals surface area contributed by atoms with Crippen LogP contribution in [0.25, 0.3) is 28.0 Å². The van der Waals surface area contributed by atoms with Crippen molar-refractivity contribution in [3.8, 4) is 16.9 Å². The van der Waals surface area contributed by atoms with Crippen LogP contribution >= 0.6 is 11.6 Å². The predicted octanol–water partition coefficient (Wildman–Crippen LogP) is 5.74. The summed E-state index contributed by atoms with van der Waals surface area (Å²) in [6.07, 6.45) is 1.80. The third kappa shape index (κ3) is 2.92. The van der Waals surface area contributed by atoms with Gasteiger partial charge in [-0.3, -0.25) is 4.57 Å². The van der Waals surface area contributed by atoms with E-state index >= 15 is 0 Å². The number of aryl methyl sites for hydroxylation is 1. The lowest BCUT2D eigenvalue weighted by Crippen LogP contribution is -2.26. The summed E-state index contributed by atoms with van der Waals surface area (Å²) in [6, 6.07) is 12.4. The number of rotatable bonds is 2. The van der Waals surface area contributed by atoms with E-state index in [4.69, 9.17) is 16.7 Å². The van der Waals surface area contributed by atoms with E-state index < -0.39 is 0 Å². The van der Waals surface area contributed by atoms with Crippen LogP contribution in [0.15, 0.2) is 48.8 Å². The van der Waals surface area contributed by atoms with E-state index in [2.05, 4.69) is 25.8 Å². The molecule has 0 radical (unpaired) electrons. The second-order valence-electron chi connectivity index (χ2n) is 7.59. The second kappa shape index (κ2) is 6.20. The summed E-state index contributed by atoms with van der Waals surface area (Å²) in [7, 11) is 0. The Hall–Kier alpha value is -2.66. The van der Waals surface area contributed by atoms with Crippen molar-refractivity contribution in [3.63, 3.8) is 0 Å². The molecule has 0 aliphatic carbocycles. The first-order chi connectivity index (χ1) is 12.8. The number of hydrogen-bond donors (Lipinski definition) is 0. The van der Waals surface area contributed by atoms with E-state index in [0.29, 0.717) is 5.02 Å². The summed E-state index contributed by atoms with van der Waals surface area (Å²) >= 11 is 6.41. The van der Waals surface area contributed by atoms with E-state index in [0.717, 1.165) is 33.7 Å². The molecule has 0 N–H and O–H groups in total. The predicted molar refractivity (Wildman–Crippen MR) is 107 cm³/mol. The Kier molecular flexibility index (Phi) is 4.07. The zero-order chi connectivity index (χ0) is 19.3. The number of fused-ring (bicyclic) bond motifs is 1. The SMILES string of the molecule is Cc1nn(C(C)(C)C)c(-n2cnc3ccccc32)c1-c1ccc(F)cc1Cl. The van der Waals surface area contributed by atoms with Gasteiger partial charge in [0.15, 0.2) is 0 Å². The normalized spacial score (nSPS) is 12.1. The minimum absolute atomic E-state index is 0.268. The van der Waals surface area contributed by atoms with Gasteiger partial charge in [0.05, 0.1) is 27.3 Å². The number of hydrogen-bond acceptors (Lipinski definition) is 2. The van der Waals surface area contributed by atoms with Gasteiger partial charge in [-0.05, 0) is 58.0 Å². The minimum Gasteiger partial charge on any atom is -0.283 e. The van der Waals surface area contributed by atoms with Crippen LogP contribution in [0.1, 0.15) is 26.5 Å². The maximum atomic E-state index is 13.6. The van der Waals surface area contributed by atoms with Crippen LogP contribution in [0.3, 0.4) is 0 Å². The Bertz CT molecular complexity index is 1150. The van der Waals surface area contributed by atoms with Gasteiger partial charge < -0.3 is 0 Å². The van der Waals surface area contributed by atoms with Crippen LogP contribution < -0.4 is 0 Å². The Morgan fingerprint density at radius 2 is 1.81 bits per heavy atom. The molecular weight excluding hydrogens is 363 g/mol. The minimum atomic E-state index is -0.362. The van der Waals surface area contributed by atoms with Gasteiger partial charge in [-0.2, -0.15) is 5.10 Å². The zero-order valence-corrected chi connectivity index (χ0v) is 16.4. The van der Waals surface area contributed by atoms with Gasteiger partial charge in [0.1, 0.15) is 18.0 Å². The fourth-order valence-corrected chi connectivity index (χ4v) is 3.60. The Labute approximate surface area is 162 Å². The molecule has 0 fully saturated rings. The Balaban J connectivity index is 2.10. The lowest BCUT2D eigenvalue weighted by atomic mass is 10.0. The average molecular weight is 383 g/mol. The zero-order valence-electron chi connectivity index (χ0n) is 15.7. The van der Waals surface area contributed by atoms with Gasteiger partial charge in [0, 0.05) is 11.1 Å². The molecule has 0 amide bonds. The summed E-state index contributed by atoms with van der Waals surface area (Å²) in [5.41, 5.74) is 4.05. The molecular formula is C21H20ClFN4. The molecule has 0 atom stereocenters. The van der Waals surface area contributed by atoms with Crippen molar-refractivity contribution in [1.82, 2.24) is 19.3 Å². The van der Waals surface area contributed by atoms with Crippen molar-refractivity contribution in [2.45, 2.75) is 33.2 Å². The van der Waals surface area contributed by atoms with E-state index in [1.54, 1.807) is 12.4 Å². The highest BCUT2D eigenvalue weighted by molar-refractivity contribution is 6.33. The molecule has 0 saturated carbocycles. The van der Waals surface area contributed by atoms with Gasteiger partial charge in [0.25, 0.3) is 0 Å². The molecule has 4 aromatic rings. The molecule has 2 aromatic carbocycles. The van der Waals surface area contributed by atoms with Crippen molar-refractivity contribution in [1.29, 1.82) is 0 Å². The summed E-state index contributed by atoms with van der Waals surface area (Å²) in [5, 5.41) is 5.16. The molecule has 4 rings (SSSR count). The number of nitrogens with zero attached hydrogens (tertiary/aromatic N) is 4. The average Bonchev–Trinajstić information content (AvgIpc) is 3.16. The van der Waals surface area contributed by atoms with E-state index in [1.807, 2.05) is 40.4 Å². The fourth-order valence-electron chi connectivity index (χ4n) is 3.34. The third-order valence-corrected chi connectivity index (χ3v) is 4.87. The van der Waals surface area contributed by atoms with Crippen LogP contribution in [0, 0.1) is 12.7 Å². The molecule has 27 heavy (non-hydrogen) atoms. The summed E-state index contributed by atoms with van der Waals surface area (Å²) in [5.74, 6) is 0.501. The summed E-state index contributed by atoms with van der Waals surface area (Å²) in [4.78, 5) is 4.53. The molecule has 2 aromatic heterocycles. The molecule has 4 nitrogen and oxygen atoms in total. The van der Waals surface area contributed by atoms with Gasteiger partial charge in [-0.25, -0.2) is 14.1 Å². The van der Waals surface area contributed by atoms with E-state index in [-0.39, 0.29) is 11.4 Å². The Morgan fingerprint density at radius 3 is 2.52 bits per heavy atom. The second-order valence-corrected chi connectivity index (χ2v) is 8.00. The lowest BCUT2D eigenvalue weighted by molar-refractivity contribution is 0.351. The van der Waals surface area contributed by atoms with Gasteiger partial charge in [0.2, 0.25) is 0 Å². The maximum Gasteiger partial charge on any atom is 0.145 e. The van der Waals surface area contributed by atoms with Crippen molar-refractivity contribution < 1.29 is 4.39 Å². The van der Waals surface area contributed by atoms with Crippen LogP contribution in [0.4, 0.5) is 4.39 Å². The number of imidazole rings is 1.